The zero-order chi connectivity index (χ0) is 14.5. The number of benzene rings is 1. The normalized spacial score (nSPS) is 18.5. The van der Waals surface area contributed by atoms with Gasteiger partial charge in [0.25, 0.3) is 0 Å². The molecular formula is C15H20Cl2N2O. The van der Waals surface area contributed by atoms with E-state index in [0.717, 1.165) is 18.4 Å². The van der Waals surface area contributed by atoms with Gasteiger partial charge in [-0.05, 0) is 36.6 Å². The highest BCUT2D eigenvalue weighted by atomic mass is 35.5. The van der Waals surface area contributed by atoms with Gasteiger partial charge in [-0.15, -0.1) is 0 Å². The summed E-state index contributed by atoms with van der Waals surface area (Å²) in [6, 6.07) is 4.93. The van der Waals surface area contributed by atoms with Crippen LogP contribution in [0.25, 0.3) is 0 Å². The monoisotopic (exact) mass is 314 g/mol. The Morgan fingerprint density at radius 2 is 1.65 bits per heavy atom. The maximum absolute atomic E-state index is 11.8. The van der Waals surface area contributed by atoms with Gasteiger partial charge in [-0.1, -0.05) is 48.9 Å². The Hall–Kier alpha value is -0.770. The molecule has 1 fully saturated rings. The van der Waals surface area contributed by atoms with Crippen molar-refractivity contribution < 1.29 is 4.79 Å². The van der Waals surface area contributed by atoms with Crippen LogP contribution in [0.5, 0.6) is 0 Å². The molecule has 3 N–H and O–H groups in total. The predicted octanol–water partition coefficient (Wildman–Crippen LogP) is 3.83. The standard InChI is InChI=1S/C15H20Cl2N2O/c16-11-7-10(8-12(17)9-11)14(15(18)20)19-13-5-3-1-2-4-6-13/h7-9,13-14,19H,1-6H2,(H2,18,20). The largest absolute Gasteiger partial charge is 0.368 e. The van der Waals surface area contributed by atoms with Gasteiger partial charge in [0.2, 0.25) is 5.91 Å². The second-order valence-electron chi connectivity index (χ2n) is 5.39. The Balaban J connectivity index is 2.15. The summed E-state index contributed by atoms with van der Waals surface area (Å²) in [6.07, 6.45) is 7.08. The van der Waals surface area contributed by atoms with Crippen LogP contribution in [0.2, 0.25) is 10.0 Å². The van der Waals surface area contributed by atoms with Gasteiger partial charge in [0.05, 0.1) is 0 Å². The topological polar surface area (TPSA) is 55.1 Å². The van der Waals surface area contributed by atoms with E-state index in [-0.39, 0.29) is 0 Å². The molecule has 0 heterocycles. The van der Waals surface area contributed by atoms with E-state index in [0.29, 0.717) is 16.1 Å². The Morgan fingerprint density at radius 1 is 1.10 bits per heavy atom. The lowest BCUT2D eigenvalue weighted by molar-refractivity contribution is -0.120. The van der Waals surface area contributed by atoms with Crippen molar-refractivity contribution in [3.8, 4) is 0 Å². The number of nitrogens with two attached hydrogens (primary N) is 1. The van der Waals surface area contributed by atoms with Crippen molar-refractivity contribution in [2.45, 2.75) is 50.6 Å². The van der Waals surface area contributed by atoms with Crippen LogP contribution >= 0.6 is 23.2 Å². The van der Waals surface area contributed by atoms with Gasteiger partial charge >= 0.3 is 0 Å². The predicted molar refractivity (Wildman–Crippen MR) is 83.0 cm³/mol. The lowest BCUT2D eigenvalue weighted by Gasteiger charge is -2.23. The van der Waals surface area contributed by atoms with Crippen LogP contribution in [0.3, 0.4) is 0 Å². The van der Waals surface area contributed by atoms with E-state index >= 15 is 0 Å². The highest BCUT2D eigenvalue weighted by molar-refractivity contribution is 6.34. The molecule has 110 valence electrons. The highest BCUT2D eigenvalue weighted by Crippen LogP contribution is 2.26. The minimum absolute atomic E-state index is 0.327. The number of hydrogen-bond donors (Lipinski definition) is 2. The van der Waals surface area contributed by atoms with Crippen LogP contribution in [0.15, 0.2) is 18.2 Å². The average molecular weight is 315 g/mol. The summed E-state index contributed by atoms with van der Waals surface area (Å²) in [4.78, 5) is 11.8. The van der Waals surface area contributed by atoms with Gasteiger partial charge < -0.3 is 5.73 Å². The zero-order valence-corrected chi connectivity index (χ0v) is 12.9. The van der Waals surface area contributed by atoms with Gasteiger partial charge in [-0.25, -0.2) is 0 Å². The summed E-state index contributed by atoms with van der Waals surface area (Å²) in [5.74, 6) is -0.396. The number of primary amides is 1. The van der Waals surface area contributed by atoms with E-state index in [4.69, 9.17) is 28.9 Å². The number of nitrogens with one attached hydrogen (secondary N) is 1. The lowest BCUT2D eigenvalue weighted by Crippen LogP contribution is -2.39. The second-order valence-corrected chi connectivity index (χ2v) is 6.27. The molecule has 1 aliphatic carbocycles. The maximum atomic E-state index is 11.8. The molecule has 1 unspecified atom stereocenters. The Labute approximate surface area is 129 Å². The van der Waals surface area contributed by atoms with Gasteiger partial charge in [0.1, 0.15) is 6.04 Å². The van der Waals surface area contributed by atoms with Crippen molar-refractivity contribution in [1.29, 1.82) is 0 Å². The number of hydrogen-bond acceptors (Lipinski definition) is 2. The Kier molecular flexibility index (Phi) is 5.70. The van der Waals surface area contributed by atoms with Crippen LogP contribution in [-0.2, 0) is 4.79 Å². The maximum Gasteiger partial charge on any atom is 0.239 e. The van der Waals surface area contributed by atoms with E-state index in [1.807, 2.05) is 0 Å². The molecule has 2 rings (SSSR count). The van der Waals surface area contributed by atoms with Gasteiger partial charge in [-0.2, -0.15) is 0 Å². The van der Waals surface area contributed by atoms with Gasteiger partial charge in [0.15, 0.2) is 0 Å². The van der Waals surface area contributed by atoms with Crippen molar-refractivity contribution in [2.75, 3.05) is 0 Å². The average Bonchev–Trinajstić information content (AvgIpc) is 2.62. The van der Waals surface area contributed by atoms with E-state index in [1.54, 1.807) is 18.2 Å². The van der Waals surface area contributed by atoms with Crippen molar-refractivity contribution >= 4 is 29.1 Å². The first-order valence-electron chi connectivity index (χ1n) is 7.07. The van der Waals surface area contributed by atoms with E-state index < -0.39 is 11.9 Å². The first-order chi connectivity index (χ1) is 9.56. The molecule has 0 bridgehead atoms. The lowest BCUT2D eigenvalue weighted by atomic mass is 10.0. The smallest absolute Gasteiger partial charge is 0.239 e. The molecule has 0 aliphatic heterocycles. The summed E-state index contributed by atoms with van der Waals surface area (Å²) >= 11 is 12.0. The molecule has 1 atom stereocenters. The summed E-state index contributed by atoms with van der Waals surface area (Å²) in [5, 5.41) is 4.40. The summed E-state index contributed by atoms with van der Waals surface area (Å²) in [6.45, 7) is 0. The van der Waals surface area contributed by atoms with Crippen LogP contribution in [0.1, 0.15) is 50.1 Å². The van der Waals surface area contributed by atoms with Crippen molar-refractivity contribution in [3.05, 3.63) is 33.8 Å². The molecule has 0 radical (unpaired) electrons. The number of halogens is 2. The number of carbonyl (C=O) groups excluding carboxylic acids is 1. The summed E-state index contributed by atoms with van der Waals surface area (Å²) in [5.41, 5.74) is 6.27. The number of carbonyl (C=O) groups is 1. The molecule has 1 aromatic carbocycles. The molecule has 1 amide bonds. The first kappa shape index (κ1) is 15.6. The molecule has 0 aromatic heterocycles. The van der Waals surface area contributed by atoms with Crippen molar-refractivity contribution in [1.82, 2.24) is 5.32 Å². The van der Waals surface area contributed by atoms with Crippen molar-refractivity contribution in [2.24, 2.45) is 5.73 Å². The fraction of sp³-hybridized carbons (Fsp3) is 0.533. The van der Waals surface area contributed by atoms with Crippen LogP contribution in [0.4, 0.5) is 0 Å². The zero-order valence-electron chi connectivity index (χ0n) is 11.4. The third-order valence-electron chi connectivity index (χ3n) is 3.76. The molecule has 0 saturated heterocycles. The minimum atomic E-state index is -0.533. The Morgan fingerprint density at radius 3 is 2.15 bits per heavy atom. The van der Waals surface area contributed by atoms with Gasteiger partial charge in [0, 0.05) is 16.1 Å². The summed E-state index contributed by atoms with van der Waals surface area (Å²) < 4.78 is 0. The number of rotatable bonds is 4. The first-order valence-corrected chi connectivity index (χ1v) is 7.83. The Bertz CT molecular complexity index is 451. The SMILES string of the molecule is NC(=O)C(NC1CCCCCC1)c1cc(Cl)cc(Cl)c1. The van der Waals surface area contributed by atoms with Crippen LogP contribution in [0, 0.1) is 0 Å². The summed E-state index contributed by atoms with van der Waals surface area (Å²) in [7, 11) is 0. The molecule has 1 saturated carbocycles. The van der Waals surface area contributed by atoms with Crippen molar-refractivity contribution in [3.63, 3.8) is 0 Å². The highest BCUT2D eigenvalue weighted by Gasteiger charge is 2.23. The minimum Gasteiger partial charge on any atom is -0.368 e. The molecule has 3 nitrogen and oxygen atoms in total. The molecule has 1 aromatic rings. The van der Waals surface area contributed by atoms with Crippen LogP contribution < -0.4 is 11.1 Å². The fourth-order valence-electron chi connectivity index (χ4n) is 2.77. The second kappa shape index (κ2) is 7.30. The molecule has 20 heavy (non-hydrogen) atoms. The van der Waals surface area contributed by atoms with Crippen LogP contribution in [-0.4, -0.2) is 11.9 Å². The third-order valence-corrected chi connectivity index (χ3v) is 4.20. The van der Waals surface area contributed by atoms with Gasteiger partial charge in [-0.3, -0.25) is 10.1 Å². The van der Waals surface area contributed by atoms with E-state index in [1.165, 1.54) is 25.7 Å². The third kappa shape index (κ3) is 4.37. The quantitative estimate of drug-likeness (QED) is 0.830. The molecule has 5 heteroatoms. The molecule has 1 aliphatic rings. The fourth-order valence-corrected chi connectivity index (χ4v) is 3.31. The number of amides is 1. The molecular weight excluding hydrogens is 295 g/mol. The molecule has 0 spiro atoms. The van der Waals surface area contributed by atoms with E-state index in [9.17, 15) is 4.79 Å². The van der Waals surface area contributed by atoms with E-state index in [2.05, 4.69) is 5.32 Å².